The van der Waals surface area contributed by atoms with Gasteiger partial charge < -0.3 is 14.8 Å². The normalized spacial score (nSPS) is 11.6. The summed E-state index contributed by atoms with van der Waals surface area (Å²) in [6.07, 6.45) is -0.631. The number of hydrogen-bond acceptors (Lipinski definition) is 3. The number of amides is 1. The SMILES string of the molecule is CCOc1ccccc1NC(=O)C(C)Oc1ccccc1Br. The summed E-state index contributed by atoms with van der Waals surface area (Å²) in [6, 6.07) is 14.7. The lowest BCUT2D eigenvalue weighted by atomic mass is 10.2. The van der Waals surface area contributed by atoms with Crippen LogP contribution in [0.1, 0.15) is 13.8 Å². The molecule has 22 heavy (non-hydrogen) atoms. The number of nitrogens with one attached hydrogen (secondary N) is 1. The summed E-state index contributed by atoms with van der Waals surface area (Å²) in [5, 5.41) is 2.83. The molecule has 0 aliphatic rings. The van der Waals surface area contributed by atoms with Gasteiger partial charge in [0.05, 0.1) is 16.8 Å². The number of halogens is 1. The third-order valence-corrected chi connectivity index (χ3v) is 3.61. The van der Waals surface area contributed by atoms with Gasteiger partial charge in [0.15, 0.2) is 6.10 Å². The first-order valence-electron chi connectivity index (χ1n) is 7.05. The lowest BCUT2D eigenvalue weighted by Crippen LogP contribution is -2.30. The molecule has 0 fully saturated rings. The zero-order valence-corrected chi connectivity index (χ0v) is 14.1. The molecule has 0 heterocycles. The van der Waals surface area contributed by atoms with Gasteiger partial charge >= 0.3 is 0 Å². The van der Waals surface area contributed by atoms with E-state index in [0.29, 0.717) is 23.8 Å². The molecule has 1 unspecified atom stereocenters. The molecule has 2 aromatic carbocycles. The Labute approximate surface area is 138 Å². The molecular formula is C17H18BrNO3. The minimum absolute atomic E-state index is 0.233. The van der Waals surface area contributed by atoms with Crippen molar-refractivity contribution in [3.63, 3.8) is 0 Å². The average Bonchev–Trinajstić information content (AvgIpc) is 2.51. The number of carbonyl (C=O) groups excluding carboxylic acids is 1. The molecule has 1 atom stereocenters. The molecule has 0 aliphatic heterocycles. The third kappa shape index (κ3) is 4.24. The Morgan fingerprint density at radius 3 is 2.45 bits per heavy atom. The fraction of sp³-hybridized carbons (Fsp3) is 0.235. The van der Waals surface area contributed by atoms with Crippen LogP contribution in [0.25, 0.3) is 0 Å². The third-order valence-electron chi connectivity index (χ3n) is 2.95. The first-order valence-corrected chi connectivity index (χ1v) is 7.85. The first kappa shape index (κ1) is 16.4. The van der Waals surface area contributed by atoms with Gasteiger partial charge in [-0.25, -0.2) is 0 Å². The number of para-hydroxylation sites is 3. The van der Waals surface area contributed by atoms with Crippen LogP contribution in [-0.4, -0.2) is 18.6 Å². The van der Waals surface area contributed by atoms with Crippen LogP contribution >= 0.6 is 15.9 Å². The minimum atomic E-state index is -0.631. The predicted octanol–water partition coefficient (Wildman–Crippen LogP) is 4.25. The Kier molecular flexibility index (Phi) is 5.83. The van der Waals surface area contributed by atoms with Crippen molar-refractivity contribution < 1.29 is 14.3 Å². The van der Waals surface area contributed by atoms with Crippen LogP contribution in [0.2, 0.25) is 0 Å². The minimum Gasteiger partial charge on any atom is -0.492 e. The Balaban J connectivity index is 2.04. The number of benzene rings is 2. The monoisotopic (exact) mass is 363 g/mol. The molecule has 0 saturated heterocycles. The molecule has 1 N–H and O–H groups in total. The molecule has 2 rings (SSSR count). The van der Waals surface area contributed by atoms with Gasteiger partial charge in [0.1, 0.15) is 11.5 Å². The summed E-state index contributed by atoms with van der Waals surface area (Å²) >= 11 is 3.40. The van der Waals surface area contributed by atoms with E-state index in [-0.39, 0.29) is 5.91 Å². The van der Waals surface area contributed by atoms with E-state index in [9.17, 15) is 4.79 Å². The lowest BCUT2D eigenvalue weighted by Gasteiger charge is -2.17. The molecule has 0 spiro atoms. The Morgan fingerprint density at radius 1 is 1.14 bits per heavy atom. The van der Waals surface area contributed by atoms with E-state index in [1.165, 1.54) is 0 Å². The summed E-state index contributed by atoms with van der Waals surface area (Å²) in [6.45, 7) is 4.14. The van der Waals surface area contributed by atoms with Crippen molar-refractivity contribution in [3.05, 3.63) is 53.0 Å². The van der Waals surface area contributed by atoms with E-state index in [1.807, 2.05) is 49.4 Å². The first-order chi connectivity index (χ1) is 10.6. The molecule has 0 saturated carbocycles. The second-order valence-corrected chi connectivity index (χ2v) is 5.46. The van der Waals surface area contributed by atoms with Gasteiger partial charge in [0, 0.05) is 0 Å². The van der Waals surface area contributed by atoms with Crippen molar-refractivity contribution in [2.75, 3.05) is 11.9 Å². The van der Waals surface area contributed by atoms with Crippen molar-refractivity contribution in [2.45, 2.75) is 20.0 Å². The van der Waals surface area contributed by atoms with Crippen LogP contribution in [0.3, 0.4) is 0 Å². The average molecular weight is 364 g/mol. The molecule has 2 aromatic rings. The van der Waals surface area contributed by atoms with E-state index in [0.717, 1.165) is 4.47 Å². The van der Waals surface area contributed by atoms with Crippen LogP contribution in [-0.2, 0) is 4.79 Å². The van der Waals surface area contributed by atoms with Gasteiger partial charge in [-0.05, 0) is 54.0 Å². The van der Waals surface area contributed by atoms with Crippen LogP contribution in [0.5, 0.6) is 11.5 Å². The van der Waals surface area contributed by atoms with Gasteiger partial charge in [0.25, 0.3) is 5.91 Å². The Hall–Kier alpha value is -2.01. The summed E-state index contributed by atoms with van der Waals surface area (Å²) in [7, 11) is 0. The zero-order chi connectivity index (χ0) is 15.9. The van der Waals surface area contributed by atoms with Crippen molar-refractivity contribution in [1.29, 1.82) is 0 Å². The molecular weight excluding hydrogens is 346 g/mol. The van der Waals surface area contributed by atoms with Crippen molar-refractivity contribution in [3.8, 4) is 11.5 Å². The summed E-state index contributed by atoms with van der Waals surface area (Å²) in [5.74, 6) is 1.04. The summed E-state index contributed by atoms with van der Waals surface area (Å²) in [5.41, 5.74) is 0.636. The second kappa shape index (κ2) is 7.84. The standard InChI is InChI=1S/C17H18BrNO3/c1-3-21-16-11-7-5-9-14(16)19-17(20)12(2)22-15-10-6-4-8-13(15)18/h4-12H,3H2,1-2H3,(H,19,20). The summed E-state index contributed by atoms with van der Waals surface area (Å²) < 4.78 is 12.0. The molecule has 5 heteroatoms. The summed E-state index contributed by atoms with van der Waals surface area (Å²) in [4.78, 5) is 12.3. The van der Waals surface area contributed by atoms with Gasteiger partial charge in [-0.1, -0.05) is 24.3 Å². The van der Waals surface area contributed by atoms with Crippen molar-refractivity contribution in [1.82, 2.24) is 0 Å². The Morgan fingerprint density at radius 2 is 1.77 bits per heavy atom. The molecule has 116 valence electrons. The maximum Gasteiger partial charge on any atom is 0.265 e. The van der Waals surface area contributed by atoms with Gasteiger partial charge in [0.2, 0.25) is 0 Å². The van der Waals surface area contributed by atoms with Crippen LogP contribution < -0.4 is 14.8 Å². The molecule has 0 aliphatic carbocycles. The van der Waals surface area contributed by atoms with Crippen LogP contribution in [0.15, 0.2) is 53.0 Å². The molecule has 1 amide bonds. The Bertz CT molecular complexity index is 645. The van der Waals surface area contributed by atoms with Crippen molar-refractivity contribution >= 4 is 27.5 Å². The van der Waals surface area contributed by atoms with E-state index < -0.39 is 6.10 Å². The maximum atomic E-state index is 12.3. The number of rotatable bonds is 6. The molecule has 0 radical (unpaired) electrons. The number of carbonyl (C=O) groups is 1. The van der Waals surface area contributed by atoms with E-state index in [4.69, 9.17) is 9.47 Å². The smallest absolute Gasteiger partial charge is 0.265 e. The van der Waals surface area contributed by atoms with Crippen LogP contribution in [0, 0.1) is 0 Å². The topological polar surface area (TPSA) is 47.6 Å². The molecule has 4 nitrogen and oxygen atoms in total. The van der Waals surface area contributed by atoms with Gasteiger partial charge in [-0.2, -0.15) is 0 Å². The molecule has 0 bridgehead atoms. The van der Waals surface area contributed by atoms with E-state index >= 15 is 0 Å². The highest BCUT2D eigenvalue weighted by atomic mass is 79.9. The number of hydrogen-bond donors (Lipinski definition) is 1. The van der Waals surface area contributed by atoms with Gasteiger partial charge in [-0.15, -0.1) is 0 Å². The maximum absolute atomic E-state index is 12.3. The van der Waals surface area contributed by atoms with Gasteiger partial charge in [-0.3, -0.25) is 4.79 Å². The fourth-order valence-corrected chi connectivity index (χ4v) is 2.25. The number of anilines is 1. The van der Waals surface area contributed by atoms with Crippen LogP contribution in [0.4, 0.5) is 5.69 Å². The highest BCUT2D eigenvalue weighted by Crippen LogP contribution is 2.26. The highest BCUT2D eigenvalue weighted by molar-refractivity contribution is 9.10. The number of ether oxygens (including phenoxy) is 2. The van der Waals surface area contributed by atoms with Crippen molar-refractivity contribution in [2.24, 2.45) is 0 Å². The zero-order valence-electron chi connectivity index (χ0n) is 12.5. The fourth-order valence-electron chi connectivity index (χ4n) is 1.87. The quantitative estimate of drug-likeness (QED) is 0.834. The van der Waals surface area contributed by atoms with E-state index in [1.54, 1.807) is 13.0 Å². The highest BCUT2D eigenvalue weighted by Gasteiger charge is 2.17. The molecule has 0 aromatic heterocycles. The largest absolute Gasteiger partial charge is 0.492 e. The van der Waals surface area contributed by atoms with E-state index in [2.05, 4.69) is 21.2 Å². The predicted molar refractivity (Wildman–Crippen MR) is 90.5 cm³/mol. The lowest BCUT2D eigenvalue weighted by molar-refractivity contribution is -0.122. The second-order valence-electron chi connectivity index (χ2n) is 4.61.